The van der Waals surface area contributed by atoms with E-state index in [1.54, 1.807) is 0 Å². The van der Waals surface area contributed by atoms with E-state index in [-0.39, 0.29) is 0 Å². The third kappa shape index (κ3) is 4.81. The highest BCUT2D eigenvalue weighted by molar-refractivity contribution is 9.10. The second-order valence-electron chi connectivity index (χ2n) is 5.31. The third-order valence-electron chi connectivity index (χ3n) is 3.61. The Morgan fingerprint density at radius 1 is 1.26 bits per heavy atom. The van der Waals surface area contributed by atoms with Crippen molar-refractivity contribution >= 4 is 15.9 Å². The van der Waals surface area contributed by atoms with Crippen LogP contribution in [0.15, 0.2) is 22.7 Å². The predicted octanol–water partition coefficient (Wildman–Crippen LogP) is 4.66. The summed E-state index contributed by atoms with van der Waals surface area (Å²) in [7, 11) is 0. The SMILES string of the molecule is CCCNCc1cc(Br)ccc1OC1CCCCC1. The van der Waals surface area contributed by atoms with E-state index < -0.39 is 0 Å². The lowest BCUT2D eigenvalue weighted by molar-refractivity contribution is 0.153. The van der Waals surface area contributed by atoms with Crippen LogP contribution in [-0.4, -0.2) is 12.6 Å². The molecule has 1 aromatic rings. The summed E-state index contributed by atoms with van der Waals surface area (Å²) in [4.78, 5) is 0. The Morgan fingerprint density at radius 3 is 2.79 bits per heavy atom. The molecule has 1 aliphatic rings. The molecular weight excluding hydrogens is 302 g/mol. The fourth-order valence-corrected chi connectivity index (χ4v) is 2.97. The van der Waals surface area contributed by atoms with Crippen LogP contribution in [0.1, 0.15) is 51.0 Å². The van der Waals surface area contributed by atoms with Crippen LogP contribution in [0.3, 0.4) is 0 Å². The number of hydrogen-bond donors (Lipinski definition) is 1. The lowest BCUT2D eigenvalue weighted by atomic mass is 9.97. The first kappa shape index (κ1) is 14.9. The fourth-order valence-electron chi connectivity index (χ4n) is 2.56. The van der Waals surface area contributed by atoms with Gasteiger partial charge in [-0.15, -0.1) is 0 Å². The van der Waals surface area contributed by atoms with Crippen LogP contribution in [-0.2, 0) is 6.54 Å². The van der Waals surface area contributed by atoms with E-state index in [0.717, 1.165) is 29.7 Å². The second kappa shape index (κ2) is 7.91. The zero-order valence-electron chi connectivity index (χ0n) is 11.8. The largest absolute Gasteiger partial charge is 0.490 e. The fraction of sp³-hybridized carbons (Fsp3) is 0.625. The zero-order chi connectivity index (χ0) is 13.5. The molecule has 3 heteroatoms. The standard InChI is InChI=1S/C16H24BrNO/c1-2-10-18-12-13-11-14(17)8-9-16(13)19-15-6-4-3-5-7-15/h8-9,11,15,18H,2-7,10,12H2,1H3. The van der Waals surface area contributed by atoms with Gasteiger partial charge in [0.25, 0.3) is 0 Å². The molecular formula is C16H24BrNO. The number of ether oxygens (including phenoxy) is 1. The van der Waals surface area contributed by atoms with Gasteiger partial charge in [0.05, 0.1) is 6.10 Å². The number of benzene rings is 1. The molecule has 0 bridgehead atoms. The number of nitrogens with one attached hydrogen (secondary N) is 1. The van der Waals surface area contributed by atoms with Crippen LogP contribution in [0.4, 0.5) is 0 Å². The van der Waals surface area contributed by atoms with Crippen molar-refractivity contribution in [2.24, 2.45) is 0 Å². The molecule has 1 aromatic carbocycles. The van der Waals surface area contributed by atoms with E-state index in [4.69, 9.17) is 4.74 Å². The molecule has 1 saturated carbocycles. The van der Waals surface area contributed by atoms with E-state index >= 15 is 0 Å². The Bertz CT molecular complexity index is 388. The second-order valence-corrected chi connectivity index (χ2v) is 6.22. The summed E-state index contributed by atoms with van der Waals surface area (Å²) in [5, 5.41) is 3.46. The van der Waals surface area contributed by atoms with Crippen molar-refractivity contribution in [3.63, 3.8) is 0 Å². The predicted molar refractivity (Wildman–Crippen MR) is 83.6 cm³/mol. The van der Waals surface area contributed by atoms with E-state index in [1.165, 1.54) is 37.7 Å². The monoisotopic (exact) mass is 325 g/mol. The van der Waals surface area contributed by atoms with E-state index in [0.29, 0.717) is 6.10 Å². The van der Waals surface area contributed by atoms with Gasteiger partial charge in [-0.3, -0.25) is 0 Å². The molecule has 0 unspecified atom stereocenters. The summed E-state index contributed by atoms with van der Waals surface area (Å²) in [6.07, 6.45) is 7.98. The first-order chi connectivity index (χ1) is 9.29. The van der Waals surface area contributed by atoms with Gasteiger partial charge < -0.3 is 10.1 Å². The highest BCUT2D eigenvalue weighted by Gasteiger charge is 2.16. The Labute approximate surface area is 125 Å². The molecule has 0 radical (unpaired) electrons. The smallest absolute Gasteiger partial charge is 0.124 e. The molecule has 2 nitrogen and oxygen atoms in total. The molecule has 0 aliphatic heterocycles. The summed E-state index contributed by atoms with van der Waals surface area (Å²) in [5.74, 6) is 1.05. The highest BCUT2D eigenvalue weighted by atomic mass is 79.9. The maximum absolute atomic E-state index is 6.21. The summed E-state index contributed by atoms with van der Waals surface area (Å²) in [6, 6.07) is 6.34. The van der Waals surface area contributed by atoms with Gasteiger partial charge in [0, 0.05) is 16.6 Å². The lowest BCUT2D eigenvalue weighted by Crippen LogP contribution is -2.21. The van der Waals surface area contributed by atoms with Gasteiger partial charge in [-0.25, -0.2) is 0 Å². The van der Waals surface area contributed by atoms with E-state index in [2.05, 4.69) is 46.4 Å². The van der Waals surface area contributed by atoms with Gasteiger partial charge in [-0.05, 0) is 56.8 Å². The van der Waals surface area contributed by atoms with Crippen molar-refractivity contribution in [2.45, 2.75) is 58.1 Å². The Balaban J connectivity index is 2.00. The van der Waals surface area contributed by atoms with Crippen molar-refractivity contribution in [1.82, 2.24) is 5.32 Å². The molecule has 0 amide bonds. The van der Waals surface area contributed by atoms with Gasteiger partial charge >= 0.3 is 0 Å². The van der Waals surface area contributed by atoms with Crippen molar-refractivity contribution in [3.8, 4) is 5.75 Å². The van der Waals surface area contributed by atoms with Crippen molar-refractivity contribution in [1.29, 1.82) is 0 Å². The molecule has 1 aliphatic carbocycles. The molecule has 19 heavy (non-hydrogen) atoms. The molecule has 0 aromatic heterocycles. The van der Waals surface area contributed by atoms with Gasteiger partial charge in [-0.1, -0.05) is 29.3 Å². The van der Waals surface area contributed by atoms with Gasteiger partial charge in [0.1, 0.15) is 5.75 Å². The van der Waals surface area contributed by atoms with Crippen molar-refractivity contribution in [2.75, 3.05) is 6.54 Å². The molecule has 0 spiro atoms. The van der Waals surface area contributed by atoms with Crippen molar-refractivity contribution in [3.05, 3.63) is 28.2 Å². The topological polar surface area (TPSA) is 21.3 Å². The quantitative estimate of drug-likeness (QED) is 0.768. The molecule has 0 heterocycles. The number of halogens is 1. The maximum Gasteiger partial charge on any atom is 0.124 e. The first-order valence-corrected chi connectivity index (χ1v) is 8.24. The van der Waals surface area contributed by atoms with Crippen LogP contribution < -0.4 is 10.1 Å². The summed E-state index contributed by atoms with van der Waals surface area (Å²) >= 11 is 3.55. The third-order valence-corrected chi connectivity index (χ3v) is 4.10. The Morgan fingerprint density at radius 2 is 2.05 bits per heavy atom. The minimum atomic E-state index is 0.417. The van der Waals surface area contributed by atoms with E-state index in [9.17, 15) is 0 Å². The van der Waals surface area contributed by atoms with Crippen LogP contribution in [0.25, 0.3) is 0 Å². The normalized spacial score (nSPS) is 16.5. The van der Waals surface area contributed by atoms with Crippen LogP contribution in [0.5, 0.6) is 5.75 Å². The van der Waals surface area contributed by atoms with Gasteiger partial charge in [-0.2, -0.15) is 0 Å². The molecule has 0 atom stereocenters. The number of rotatable bonds is 6. The van der Waals surface area contributed by atoms with Crippen LogP contribution in [0.2, 0.25) is 0 Å². The van der Waals surface area contributed by atoms with Gasteiger partial charge in [0.2, 0.25) is 0 Å². The highest BCUT2D eigenvalue weighted by Crippen LogP contribution is 2.28. The van der Waals surface area contributed by atoms with E-state index in [1.807, 2.05) is 0 Å². The summed E-state index contributed by atoms with van der Waals surface area (Å²) in [5.41, 5.74) is 1.26. The minimum absolute atomic E-state index is 0.417. The first-order valence-electron chi connectivity index (χ1n) is 7.45. The van der Waals surface area contributed by atoms with Gasteiger partial charge in [0.15, 0.2) is 0 Å². The lowest BCUT2D eigenvalue weighted by Gasteiger charge is -2.24. The summed E-state index contributed by atoms with van der Waals surface area (Å²) in [6.45, 7) is 4.12. The van der Waals surface area contributed by atoms with Crippen molar-refractivity contribution < 1.29 is 4.74 Å². The Hall–Kier alpha value is -0.540. The average Bonchev–Trinajstić information content (AvgIpc) is 2.43. The molecule has 0 saturated heterocycles. The van der Waals surface area contributed by atoms with Crippen LogP contribution in [0, 0.1) is 0 Å². The number of hydrogen-bond acceptors (Lipinski definition) is 2. The molecule has 2 rings (SSSR count). The minimum Gasteiger partial charge on any atom is -0.490 e. The molecule has 106 valence electrons. The Kier molecular flexibility index (Phi) is 6.18. The summed E-state index contributed by atoms with van der Waals surface area (Å²) < 4.78 is 7.33. The average molecular weight is 326 g/mol. The maximum atomic E-state index is 6.21. The molecule has 1 fully saturated rings. The molecule has 1 N–H and O–H groups in total. The zero-order valence-corrected chi connectivity index (χ0v) is 13.3. The van der Waals surface area contributed by atoms with Crippen LogP contribution >= 0.6 is 15.9 Å².